The first-order valence-corrected chi connectivity index (χ1v) is 5.28. The molecule has 84 valence electrons. The van der Waals surface area contributed by atoms with E-state index in [1.54, 1.807) is 0 Å². The van der Waals surface area contributed by atoms with Crippen molar-refractivity contribution in [2.24, 2.45) is 5.92 Å². The van der Waals surface area contributed by atoms with E-state index in [0.29, 0.717) is 18.9 Å². The maximum Gasteiger partial charge on any atom is 0.410 e. The van der Waals surface area contributed by atoms with Gasteiger partial charge in [-0.2, -0.15) is 0 Å². The lowest BCUT2D eigenvalue weighted by molar-refractivity contribution is -0.114. The maximum atomic E-state index is 11.5. The van der Waals surface area contributed by atoms with Gasteiger partial charge in [0.15, 0.2) is 0 Å². The van der Waals surface area contributed by atoms with Crippen LogP contribution in [-0.2, 0) is 9.53 Å². The van der Waals surface area contributed by atoms with Crippen molar-refractivity contribution in [2.45, 2.75) is 19.4 Å². The summed E-state index contributed by atoms with van der Waals surface area (Å²) in [5.41, 5.74) is 0. The van der Waals surface area contributed by atoms with Gasteiger partial charge >= 0.3 is 6.09 Å². The lowest BCUT2D eigenvalue weighted by Gasteiger charge is -2.20. The van der Waals surface area contributed by atoms with Gasteiger partial charge < -0.3 is 4.74 Å². The lowest BCUT2D eigenvalue weighted by Crippen LogP contribution is -2.39. The molecule has 1 amide bonds. The largest absolute Gasteiger partial charge is 0.445 e. The van der Waals surface area contributed by atoms with Crippen LogP contribution in [0.15, 0.2) is 12.7 Å². The van der Waals surface area contributed by atoms with Crippen molar-refractivity contribution in [3.8, 4) is 0 Å². The number of carbonyl (C=O) groups excluding carboxylic acids is 2. The van der Waals surface area contributed by atoms with Crippen LogP contribution in [0.3, 0.4) is 0 Å². The van der Waals surface area contributed by atoms with Gasteiger partial charge in [-0.15, -0.1) is 12.6 Å². The summed E-state index contributed by atoms with van der Waals surface area (Å²) in [6.45, 7) is 6.15. The second kappa shape index (κ2) is 5.21. The Morgan fingerprint density at radius 1 is 1.67 bits per heavy atom. The summed E-state index contributed by atoms with van der Waals surface area (Å²) in [6.07, 6.45) is 1.69. The van der Waals surface area contributed by atoms with Crippen molar-refractivity contribution >= 4 is 23.8 Å². The summed E-state index contributed by atoms with van der Waals surface area (Å²) in [5.74, 6) is 0.308. The molecule has 0 N–H and O–H groups in total. The molecular formula is C10H15NO3S. The molecule has 0 aromatic heterocycles. The first-order valence-electron chi connectivity index (χ1n) is 4.83. The second-order valence-electron chi connectivity index (χ2n) is 3.71. The van der Waals surface area contributed by atoms with Gasteiger partial charge in [0.2, 0.25) is 5.12 Å². The molecule has 1 aliphatic heterocycles. The fourth-order valence-corrected chi connectivity index (χ4v) is 1.94. The van der Waals surface area contributed by atoms with Gasteiger partial charge in [0.05, 0.1) is 0 Å². The van der Waals surface area contributed by atoms with Crippen LogP contribution in [0.1, 0.15) is 13.3 Å². The number of ether oxygens (including phenoxy) is 1. The maximum absolute atomic E-state index is 11.5. The smallest absolute Gasteiger partial charge is 0.410 e. The molecule has 1 saturated heterocycles. The Hall–Kier alpha value is -0.970. The van der Waals surface area contributed by atoms with Crippen molar-refractivity contribution in [2.75, 3.05) is 13.2 Å². The quantitative estimate of drug-likeness (QED) is 0.589. The van der Waals surface area contributed by atoms with Gasteiger partial charge in [-0.05, 0) is 12.3 Å². The third-order valence-electron chi connectivity index (χ3n) is 2.35. The summed E-state index contributed by atoms with van der Waals surface area (Å²) in [7, 11) is 0. The number of hydrogen-bond donors (Lipinski definition) is 1. The molecule has 0 spiro atoms. The van der Waals surface area contributed by atoms with Crippen LogP contribution >= 0.6 is 12.6 Å². The molecule has 1 rings (SSSR count). The summed E-state index contributed by atoms with van der Waals surface area (Å²) < 4.78 is 4.89. The molecule has 0 saturated carbocycles. The second-order valence-corrected chi connectivity index (χ2v) is 4.15. The molecule has 1 aliphatic rings. The van der Waals surface area contributed by atoms with Crippen molar-refractivity contribution in [3.63, 3.8) is 0 Å². The van der Waals surface area contributed by atoms with Crippen molar-refractivity contribution in [1.82, 2.24) is 4.90 Å². The highest BCUT2D eigenvalue weighted by molar-refractivity contribution is 7.96. The standard InChI is InChI=1S/C10H15NO3S/c1-3-4-14-10(13)11-6-7(2)5-8(11)9(12)15/h3,7-8H,1,4-6H2,2H3,(H,12,15)/t7-,8-/m0/s1. The molecule has 1 heterocycles. The van der Waals surface area contributed by atoms with Crippen molar-refractivity contribution < 1.29 is 14.3 Å². The molecule has 2 atom stereocenters. The summed E-state index contributed by atoms with van der Waals surface area (Å²) in [4.78, 5) is 24.1. The van der Waals surface area contributed by atoms with E-state index >= 15 is 0 Å². The topological polar surface area (TPSA) is 46.6 Å². The fraction of sp³-hybridized carbons (Fsp3) is 0.600. The zero-order valence-electron chi connectivity index (χ0n) is 8.68. The Morgan fingerprint density at radius 3 is 2.87 bits per heavy atom. The SMILES string of the molecule is C=CCOC(=O)N1C[C@@H](C)C[C@H]1C(=O)S. The van der Waals surface area contributed by atoms with Crippen LogP contribution in [0.25, 0.3) is 0 Å². The Morgan fingerprint density at radius 2 is 2.33 bits per heavy atom. The number of hydrogen-bond acceptors (Lipinski definition) is 3. The van der Waals surface area contributed by atoms with E-state index < -0.39 is 12.1 Å². The highest BCUT2D eigenvalue weighted by Gasteiger charge is 2.37. The number of rotatable bonds is 3. The molecule has 0 unspecified atom stereocenters. The Bertz CT molecular complexity index is 280. The van der Waals surface area contributed by atoms with E-state index in [0.717, 1.165) is 0 Å². The van der Waals surface area contributed by atoms with Gasteiger partial charge in [-0.25, -0.2) is 4.79 Å². The predicted octanol–water partition coefficient (Wildman–Crippen LogP) is 1.48. The van der Waals surface area contributed by atoms with Crippen molar-refractivity contribution in [1.29, 1.82) is 0 Å². The summed E-state index contributed by atoms with van der Waals surface area (Å²) >= 11 is 3.77. The minimum Gasteiger partial charge on any atom is -0.445 e. The monoisotopic (exact) mass is 229 g/mol. The third kappa shape index (κ3) is 2.99. The summed E-state index contributed by atoms with van der Waals surface area (Å²) in [6, 6.07) is -0.444. The third-order valence-corrected chi connectivity index (χ3v) is 2.65. The average Bonchev–Trinajstić information content (AvgIpc) is 2.57. The van der Waals surface area contributed by atoms with Gasteiger partial charge in [0.1, 0.15) is 12.6 Å². The number of thiol groups is 1. The van der Waals surface area contributed by atoms with Gasteiger partial charge in [-0.3, -0.25) is 9.69 Å². The van der Waals surface area contributed by atoms with E-state index in [9.17, 15) is 9.59 Å². The van der Waals surface area contributed by atoms with E-state index in [2.05, 4.69) is 19.2 Å². The molecule has 0 aromatic rings. The van der Waals surface area contributed by atoms with Gasteiger partial charge in [0.25, 0.3) is 0 Å². The van der Waals surface area contributed by atoms with E-state index in [1.807, 2.05) is 6.92 Å². The normalized spacial score (nSPS) is 25.1. The van der Waals surface area contributed by atoms with Gasteiger partial charge in [-0.1, -0.05) is 19.6 Å². The first kappa shape index (κ1) is 12.1. The van der Waals surface area contributed by atoms with Crippen molar-refractivity contribution in [3.05, 3.63) is 12.7 Å². The number of carbonyl (C=O) groups is 2. The molecule has 15 heavy (non-hydrogen) atoms. The van der Waals surface area contributed by atoms with Crippen LogP contribution in [0.5, 0.6) is 0 Å². The zero-order chi connectivity index (χ0) is 11.4. The molecule has 5 heteroatoms. The van der Waals surface area contributed by atoms with Gasteiger partial charge in [0, 0.05) is 6.54 Å². The summed E-state index contributed by atoms with van der Waals surface area (Å²) in [5, 5.41) is -0.282. The highest BCUT2D eigenvalue weighted by atomic mass is 32.1. The molecule has 1 fully saturated rings. The average molecular weight is 229 g/mol. The molecule has 0 aromatic carbocycles. The number of nitrogens with zero attached hydrogens (tertiary/aromatic N) is 1. The number of amides is 1. The fourth-order valence-electron chi connectivity index (χ4n) is 1.69. The van der Waals surface area contributed by atoms with E-state index in [1.165, 1.54) is 11.0 Å². The van der Waals surface area contributed by atoms with E-state index in [-0.39, 0.29) is 11.7 Å². The van der Waals surface area contributed by atoms with Crippen LogP contribution in [0.2, 0.25) is 0 Å². The van der Waals surface area contributed by atoms with Crippen LogP contribution in [-0.4, -0.2) is 35.3 Å². The van der Waals surface area contributed by atoms with E-state index in [4.69, 9.17) is 4.74 Å². The molecule has 0 radical (unpaired) electrons. The minimum atomic E-state index is -0.466. The molecule has 0 aliphatic carbocycles. The predicted molar refractivity (Wildman–Crippen MR) is 59.8 cm³/mol. The van der Waals surface area contributed by atoms with Crippen LogP contribution in [0, 0.1) is 5.92 Å². The first-order chi connectivity index (χ1) is 7.06. The Balaban J connectivity index is 2.62. The van der Waals surface area contributed by atoms with Crippen LogP contribution < -0.4 is 0 Å². The lowest BCUT2D eigenvalue weighted by atomic mass is 10.1. The highest BCUT2D eigenvalue weighted by Crippen LogP contribution is 2.24. The number of likely N-dealkylation sites (tertiary alicyclic amines) is 1. The zero-order valence-corrected chi connectivity index (χ0v) is 9.57. The molecular weight excluding hydrogens is 214 g/mol. The molecule has 4 nitrogen and oxygen atoms in total. The minimum absolute atomic E-state index is 0.164. The Labute approximate surface area is 94.7 Å². The molecule has 0 bridgehead atoms. The Kier molecular flexibility index (Phi) is 4.20. The van der Waals surface area contributed by atoms with Crippen LogP contribution in [0.4, 0.5) is 4.79 Å².